The molecule has 0 amide bonds. The van der Waals surface area contributed by atoms with Crippen LogP contribution in [0.25, 0.3) is 0 Å². The van der Waals surface area contributed by atoms with E-state index < -0.39 is 23.8 Å². The van der Waals surface area contributed by atoms with Crippen LogP contribution in [0.3, 0.4) is 0 Å². The molecule has 0 saturated heterocycles. The van der Waals surface area contributed by atoms with Gasteiger partial charge in [0.15, 0.2) is 0 Å². The van der Waals surface area contributed by atoms with Gasteiger partial charge >= 0.3 is 0 Å². The van der Waals surface area contributed by atoms with Gasteiger partial charge in [-0.25, -0.2) is 8.78 Å². The fraction of sp³-hybridized carbons (Fsp3) is 0.200. The minimum atomic E-state index is -0.719. The molecule has 0 fully saturated rings. The molecule has 0 saturated carbocycles. The summed E-state index contributed by atoms with van der Waals surface area (Å²) in [6.07, 6.45) is -1.03. The highest BCUT2D eigenvalue weighted by Gasteiger charge is 2.28. The van der Waals surface area contributed by atoms with Crippen molar-refractivity contribution in [3.63, 3.8) is 0 Å². The molecule has 1 heterocycles. The maximum atomic E-state index is 13.3. The van der Waals surface area contributed by atoms with Crippen molar-refractivity contribution in [1.29, 1.82) is 0 Å². The van der Waals surface area contributed by atoms with Crippen molar-refractivity contribution < 1.29 is 18.6 Å². The quantitative estimate of drug-likeness (QED) is 0.839. The van der Waals surface area contributed by atoms with Gasteiger partial charge in [-0.05, 0) is 29.8 Å². The standard InChI is InChI=1S/C15H11BrF2O2/c16-9-1-2-12-13(19)7-14(20-15(12)5-9)8-3-10(17)6-11(18)4-8/h1-6,13-14,19H,7H2/t13-,14?/m0/s1. The second kappa shape index (κ2) is 5.14. The predicted molar refractivity (Wildman–Crippen MR) is 73.4 cm³/mol. The molecule has 0 radical (unpaired) electrons. The van der Waals surface area contributed by atoms with Gasteiger partial charge in [0.05, 0.1) is 6.10 Å². The molecule has 0 spiro atoms. The van der Waals surface area contributed by atoms with E-state index in [1.54, 1.807) is 12.1 Å². The summed E-state index contributed by atoms with van der Waals surface area (Å²) in [5.41, 5.74) is 1.06. The molecule has 0 bridgehead atoms. The van der Waals surface area contributed by atoms with E-state index >= 15 is 0 Å². The van der Waals surface area contributed by atoms with Crippen molar-refractivity contribution in [3.05, 3.63) is 63.6 Å². The number of hydrogen-bond donors (Lipinski definition) is 1. The van der Waals surface area contributed by atoms with E-state index in [1.807, 2.05) is 6.07 Å². The van der Waals surface area contributed by atoms with Gasteiger partial charge in [0.2, 0.25) is 0 Å². The largest absolute Gasteiger partial charge is 0.485 e. The van der Waals surface area contributed by atoms with Gasteiger partial charge in [-0.1, -0.05) is 22.0 Å². The minimum Gasteiger partial charge on any atom is -0.485 e. The fourth-order valence-electron chi connectivity index (χ4n) is 2.38. The zero-order valence-electron chi connectivity index (χ0n) is 10.3. The second-order valence-corrected chi connectivity index (χ2v) is 5.66. The number of aliphatic hydroxyl groups is 1. The molecular formula is C15H11BrF2O2. The van der Waals surface area contributed by atoms with Gasteiger partial charge in [0, 0.05) is 22.5 Å². The van der Waals surface area contributed by atoms with Crippen LogP contribution in [0.5, 0.6) is 5.75 Å². The molecule has 2 aromatic rings. The van der Waals surface area contributed by atoms with E-state index in [1.165, 1.54) is 12.1 Å². The Morgan fingerprint density at radius 2 is 1.80 bits per heavy atom. The van der Waals surface area contributed by atoms with E-state index in [0.717, 1.165) is 10.5 Å². The highest BCUT2D eigenvalue weighted by atomic mass is 79.9. The average Bonchev–Trinajstić information content (AvgIpc) is 2.36. The molecule has 1 N–H and O–H groups in total. The molecule has 1 aliphatic rings. The third-order valence-electron chi connectivity index (χ3n) is 3.30. The maximum Gasteiger partial charge on any atom is 0.127 e. The topological polar surface area (TPSA) is 29.5 Å². The first-order chi connectivity index (χ1) is 9.52. The Morgan fingerprint density at radius 1 is 1.10 bits per heavy atom. The molecule has 104 valence electrons. The van der Waals surface area contributed by atoms with Crippen molar-refractivity contribution in [3.8, 4) is 5.75 Å². The first-order valence-corrected chi connectivity index (χ1v) is 6.92. The predicted octanol–water partition coefficient (Wildman–Crippen LogP) is 4.28. The van der Waals surface area contributed by atoms with Crippen molar-refractivity contribution in [1.82, 2.24) is 0 Å². The average molecular weight is 341 g/mol. The molecular weight excluding hydrogens is 330 g/mol. The summed E-state index contributed by atoms with van der Waals surface area (Å²) in [4.78, 5) is 0. The zero-order valence-corrected chi connectivity index (χ0v) is 11.9. The van der Waals surface area contributed by atoms with Crippen molar-refractivity contribution in [2.45, 2.75) is 18.6 Å². The third kappa shape index (κ3) is 2.55. The molecule has 0 aliphatic carbocycles. The number of rotatable bonds is 1. The van der Waals surface area contributed by atoms with Gasteiger partial charge in [-0.15, -0.1) is 0 Å². The molecule has 2 atom stereocenters. The van der Waals surface area contributed by atoms with Crippen LogP contribution in [0.2, 0.25) is 0 Å². The Labute approximate surface area is 123 Å². The summed E-state index contributed by atoms with van der Waals surface area (Å²) in [5.74, 6) is -0.788. The highest BCUT2D eigenvalue weighted by Crippen LogP contribution is 2.42. The summed E-state index contributed by atoms with van der Waals surface area (Å²) in [5, 5.41) is 10.1. The Hall–Kier alpha value is -1.46. The van der Waals surface area contributed by atoms with Crippen LogP contribution in [0.4, 0.5) is 8.78 Å². The molecule has 5 heteroatoms. The number of aliphatic hydroxyl groups excluding tert-OH is 1. The number of ether oxygens (including phenoxy) is 1. The number of hydrogen-bond acceptors (Lipinski definition) is 2. The third-order valence-corrected chi connectivity index (χ3v) is 3.79. The molecule has 1 unspecified atom stereocenters. The molecule has 2 aromatic carbocycles. The zero-order chi connectivity index (χ0) is 14.3. The second-order valence-electron chi connectivity index (χ2n) is 4.74. The van der Waals surface area contributed by atoms with E-state index in [9.17, 15) is 13.9 Å². The van der Waals surface area contributed by atoms with Gasteiger partial charge in [-0.2, -0.15) is 0 Å². The minimum absolute atomic E-state index is 0.261. The van der Waals surface area contributed by atoms with Gasteiger partial charge < -0.3 is 9.84 Å². The van der Waals surface area contributed by atoms with Crippen molar-refractivity contribution in [2.24, 2.45) is 0 Å². The smallest absolute Gasteiger partial charge is 0.127 e. The maximum absolute atomic E-state index is 13.3. The van der Waals surface area contributed by atoms with Crippen LogP contribution in [0.15, 0.2) is 40.9 Å². The Morgan fingerprint density at radius 3 is 2.50 bits per heavy atom. The molecule has 20 heavy (non-hydrogen) atoms. The summed E-state index contributed by atoms with van der Waals surface area (Å²) >= 11 is 3.33. The van der Waals surface area contributed by atoms with E-state index in [-0.39, 0.29) is 6.42 Å². The SMILES string of the molecule is O[C@H]1CC(c2cc(F)cc(F)c2)Oc2cc(Br)ccc21. The van der Waals surface area contributed by atoms with E-state index in [2.05, 4.69) is 15.9 Å². The van der Waals surface area contributed by atoms with Gasteiger partial charge in [0.25, 0.3) is 0 Å². The number of halogens is 3. The molecule has 1 aliphatic heterocycles. The van der Waals surface area contributed by atoms with Crippen molar-refractivity contribution >= 4 is 15.9 Å². The van der Waals surface area contributed by atoms with Crippen LogP contribution in [-0.2, 0) is 0 Å². The van der Waals surface area contributed by atoms with E-state index in [4.69, 9.17) is 4.74 Å². The monoisotopic (exact) mass is 340 g/mol. The molecule has 0 aromatic heterocycles. The van der Waals surface area contributed by atoms with E-state index in [0.29, 0.717) is 16.9 Å². The van der Waals surface area contributed by atoms with Crippen LogP contribution in [-0.4, -0.2) is 5.11 Å². The Kier molecular flexibility index (Phi) is 3.48. The normalized spacial score (nSPS) is 21.2. The Balaban J connectivity index is 1.98. The lowest BCUT2D eigenvalue weighted by atomic mass is 9.95. The van der Waals surface area contributed by atoms with Crippen LogP contribution >= 0.6 is 15.9 Å². The lowest BCUT2D eigenvalue weighted by Gasteiger charge is -2.30. The van der Waals surface area contributed by atoms with Crippen LogP contribution in [0, 0.1) is 11.6 Å². The fourth-order valence-corrected chi connectivity index (χ4v) is 2.72. The van der Waals surface area contributed by atoms with Gasteiger partial charge in [-0.3, -0.25) is 0 Å². The summed E-state index contributed by atoms with van der Waals surface area (Å²) < 4.78 is 33.1. The first kappa shape index (κ1) is 13.5. The number of benzene rings is 2. The van der Waals surface area contributed by atoms with Crippen LogP contribution in [0.1, 0.15) is 29.8 Å². The summed E-state index contributed by atoms with van der Waals surface area (Å²) in [7, 11) is 0. The van der Waals surface area contributed by atoms with Gasteiger partial charge in [0.1, 0.15) is 23.5 Å². The lowest BCUT2D eigenvalue weighted by molar-refractivity contribution is 0.0653. The van der Waals surface area contributed by atoms with Crippen molar-refractivity contribution in [2.75, 3.05) is 0 Å². The Bertz CT molecular complexity index is 640. The molecule has 2 nitrogen and oxygen atoms in total. The summed E-state index contributed by atoms with van der Waals surface area (Å²) in [6.45, 7) is 0. The molecule has 3 rings (SSSR count). The summed E-state index contributed by atoms with van der Waals surface area (Å²) in [6, 6.07) is 8.58. The lowest BCUT2D eigenvalue weighted by Crippen LogP contribution is -2.19. The first-order valence-electron chi connectivity index (χ1n) is 6.13. The number of fused-ring (bicyclic) bond motifs is 1. The highest BCUT2D eigenvalue weighted by molar-refractivity contribution is 9.10. The van der Waals surface area contributed by atoms with Crippen LogP contribution < -0.4 is 4.74 Å².